The summed E-state index contributed by atoms with van der Waals surface area (Å²) in [6.07, 6.45) is 12.6. The highest BCUT2D eigenvalue weighted by Crippen LogP contribution is 2.51. The third-order valence-corrected chi connectivity index (χ3v) is 8.48. The third-order valence-electron chi connectivity index (χ3n) is 8.48. The van der Waals surface area contributed by atoms with Gasteiger partial charge in [0.1, 0.15) is 17.2 Å². The van der Waals surface area contributed by atoms with Crippen LogP contribution in [-0.2, 0) is 0 Å². The number of rotatable bonds is 9. The van der Waals surface area contributed by atoms with Gasteiger partial charge in [0.05, 0.1) is 0 Å². The molecule has 0 spiro atoms. The van der Waals surface area contributed by atoms with E-state index in [1.807, 2.05) is 24.3 Å². The van der Waals surface area contributed by atoms with Gasteiger partial charge in [0, 0.05) is 18.8 Å². The zero-order valence-corrected chi connectivity index (χ0v) is 24.0. The summed E-state index contributed by atoms with van der Waals surface area (Å²) in [4.78, 5) is 7.18. The van der Waals surface area contributed by atoms with E-state index in [2.05, 4.69) is 80.1 Å². The Bertz CT molecular complexity index is 1400. The van der Waals surface area contributed by atoms with Crippen LogP contribution in [0.15, 0.2) is 76.2 Å². The van der Waals surface area contributed by atoms with E-state index in [4.69, 9.17) is 4.42 Å². The Morgan fingerprint density at radius 1 is 1.03 bits per heavy atom. The van der Waals surface area contributed by atoms with Gasteiger partial charge in [0.15, 0.2) is 5.58 Å². The fraction of sp³-hybridized carbons (Fsp3) is 0.429. The average Bonchev–Trinajstić information content (AvgIpc) is 3.37. The van der Waals surface area contributed by atoms with E-state index < -0.39 is 0 Å². The second kappa shape index (κ2) is 11.7. The van der Waals surface area contributed by atoms with Crippen molar-refractivity contribution < 1.29 is 4.42 Å². The summed E-state index contributed by atoms with van der Waals surface area (Å²) in [5, 5.41) is 10.2. The molecule has 1 atom stereocenters. The fourth-order valence-corrected chi connectivity index (χ4v) is 6.27. The monoisotopic (exact) mass is 519 g/mol. The molecular formula is C35H41N3O. The molecule has 0 saturated carbocycles. The van der Waals surface area contributed by atoms with E-state index in [9.17, 15) is 5.26 Å². The molecule has 202 valence electrons. The molecule has 2 aliphatic carbocycles. The van der Waals surface area contributed by atoms with Crippen molar-refractivity contribution in [3.8, 4) is 6.07 Å². The number of nitriles is 1. The fourth-order valence-electron chi connectivity index (χ4n) is 6.27. The highest BCUT2D eigenvalue weighted by molar-refractivity contribution is 5.83. The molecule has 0 saturated heterocycles. The number of allylic oxidation sites excluding steroid dienone is 6. The smallest absolute Gasteiger partial charge is 0.238 e. The van der Waals surface area contributed by atoms with Gasteiger partial charge in [0.25, 0.3) is 0 Å². The van der Waals surface area contributed by atoms with Crippen LogP contribution in [0.5, 0.6) is 0 Å². The summed E-state index contributed by atoms with van der Waals surface area (Å²) in [6, 6.07) is 19.3. The first-order chi connectivity index (χ1) is 18.9. The van der Waals surface area contributed by atoms with Crippen LogP contribution in [0.3, 0.4) is 0 Å². The summed E-state index contributed by atoms with van der Waals surface area (Å²) in [7, 11) is 0. The number of oxazole rings is 1. The zero-order valence-electron chi connectivity index (χ0n) is 24.0. The lowest BCUT2D eigenvalue weighted by Gasteiger charge is -2.42. The summed E-state index contributed by atoms with van der Waals surface area (Å²) in [5.41, 5.74) is 8.47. The summed E-state index contributed by atoms with van der Waals surface area (Å²) in [6.45, 7) is 11.4. The number of benzene rings is 2. The maximum absolute atomic E-state index is 10.2. The first-order valence-electron chi connectivity index (χ1n) is 14.7. The number of hydrogen-bond acceptors (Lipinski definition) is 4. The predicted octanol–water partition coefficient (Wildman–Crippen LogP) is 9.36. The molecule has 0 aliphatic heterocycles. The molecule has 0 bridgehead atoms. The Hall–Kier alpha value is -3.58. The lowest BCUT2D eigenvalue weighted by atomic mass is 9.62. The number of nitrogens with zero attached hydrogens (tertiary/aromatic N) is 3. The van der Waals surface area contributed by atoms with E-state index in [1.165, 1.54) is 48.1 Å². The molecule has 0 amide bonds. The molecule has 3 aromatic rings. The van der Waals surface area contributed by atoms with Crippen LogP contribution in [0.25, 0.3) is 22.2 Å². The number of anilines is 1. The van der Waals surface area contributed by atoms with E-state index in [1.54, 1.807) is 0 Å². The van der Waals surface area contributed by atoms with E-state index >= 15 is 0 Å². The van der Waals surface area contributed by atoms with Crippen LogP contribution in [0.4, 0.5) is 5.69 Å². The van der Waals surface area contributed by atoms with Crippen molar-refractivity contribution in [2.24, 2.45) is 11.3 Å². The molecule has 4 heteroatoms. The zero-order chi connectivity index (χ0) is 27.4. The number of para-hydroxylation sites is 2. The van der Waals surface area contributed by atoms with Crippen molar-refractivity contribution in [2.45, 2.75) is 72.6 Å². The SMILES string of the molecule is CCCCN(CCCC)c1ccc(C2=CC3=C/C(=C(\C#N)c4nc5ccccc5o4)CC(C)(C)C3CC2)cc1. The van der Waals surface area contributed by atoms with Crippen LogP contribution < -0.4 is 4.90 Å². The van der Waals surface area contributed by atoms with Crippen LogP contribution in [0.1, 0.15) is 84.1 Å². The second-order valence-corrected chi connectivity index (χ2v) is 11.8. The van der Waals surface area contributed by atoms with E-state index in [0.29, 0.717) is 23.0 Å². The highest BCUT2D eigenvalue weighted by Gasteiger charge is 2.38. The van der Waals surface area contributed by atoms with E-state index in [0.717, 1.165) is 43.4 Å². The third kappa shape index (κ3) is 5.74. The van der Waals surface area contributed by atoms with Crippen molar-refractivity contribution in [3.63, 3.8) is 0 Å². The number of fused-ring (bicyclic) bond motifs is 2. The largest absolute Gasteiger partial charge is 0.435 e. The highest BCUT2D eigenvalue weighted by atomic mass is 16.3. The Kier molecular flexibility index (Phi) is 8.07. The molecular weight excluding hydrogens is 478 g/mol. The second-order valence-electron chi connectivity index (χ2n) is 11.8. The van der Waals surface area contributed by atoms with Crippen LogP contribution in [0, 0.1) is 22.7 Å². The Morgan fingerprint density at radius 2 is 1.74 bits per heavy atom. The van der Waals surface area contributed by atoms with Gasteiger partial charge in [-0.05, 0) is 90.0 Å². The molecule has 1 heterocycles. The molecule has 4 nitrogen and oxygen atoms in total. The molecule has 0 fully saturated rings. The minimum absolute atomic E-state index is 0.0540. The molecule has 2 aliphatic rings. The Morgan fingerprint density at radius 3 is 2.41 bits per heavy atom. The molecule has 0 N–H and O–H groups in total. The number of unbranched alkanes of at least 4 members (excludes halogenated alkanes) is 2. The predicted molar refractivity (Wildman–Crippen MR) is 162 cm³/mol. The summed E-state index contributed by atoms with van der Waals surface area (Å²) >= 11 is 0. The topological polar surface area (TPSA) is 53.1 Å². The minimum atomic E-state index is 0.0540. The van der Waals surface area contributed by atoms with Crippen LogP contribution in [-0.4, -0.2) is 18.1 Å². The molecule has 0 radical (unpaired) electrons. The molecule has 1 unspecified atom stereocenters. The van der Waals surface area contributed by atoms with Gasteiger partial charge >= 0.3 is 0 Å². The Labute approximate surface area is 233 Å². The van der Waals surface area contributed by atoms with Gasteiger partial charge in [-0.1, -0.05) is 77.0 Å². The van der Waals surface area contributed by atoms with Gasteiger partial charge in [-0.3, -0.25) is 0 Å². The van der Waals surface area contributed by atoms with E-state index in [-0.39, 0.29) is 5.41 Å². The first kappa shape index (κ1) is 27.0. The Balaban J connectivity index is 1.47. The summed E-state index contributed by atoms with van der Waals surface area (Å²) < 4.78 is 6.01. The van der Waals surface area contributed by atoms with Gasteiger partial charge < -0.3 is 9.32 Å². The van der Waals surface area contributed by atoms with Crippen molar-refractivity contribution in [1.29, 1.82) is 5.26 Å². The van der Waals surface area contributed by atoms with Crippen LogP contribution in [0.2, 0.25) is 0 Å². The maximum atomic E-state index is 10.2. The standard InChI is InChI=1S/C35H41N3O/c1-5-7-19-38(20-8-6-2)29-16-13-25(14-17-29)26-15-18-31-27(21-26)22-28(23-35(31,3)4)30(24-36)34-37-32-11-9-10-12-33(32)39-34/h9-14,16-17,21-22,31H,5-8,15,18-20,23H2,1-4H3/b30-28-. The van der Waals surface area contributed by atoms with Gasteiger partial charge in [-0.25, -0.2) is 4.98 Å². The lowest BCUT2D eigenvalue weighted by molar-refractivity contribution is 0.228. The molecule has 2 aromatic carbocycles. The van der Waals surface area contributed by atoms with Gasteiger partial charge in [-0.2, -0.15) is 5.26 Å². The molecule has 1 aromatic heterocycles. The number of hydrogen-bond donors (Lipinski definition) is 0. The van der Waals surface area contributed by atoms with Gasteiger partial charge in [-0.15, -0.1) is 0 Å². The average molecular weight is 520 g/mol. The van der Waals surface area contributed by atoms with Crippen molar-refractivity contribution >= 4 is 27.9 Å². The first-order valence-corrected chi connectivity index (χ1v) is 14.7. The molecule has 5 rings (SSSR count). The van der Waals surface area contributed by atoms with Crippen molar-refractivity contribution in [1.82, 2.24) is 4.98 Å². The van der Waals surface area contributed by atoms with Crippen molar-refractivity contribution in [2.75, 3.05) is 18.0 Å². The quantitative estimate of drug-likeness (QED) is 0.264. The van der Waals surface area contributed by atoms with Gasteiger partial charge in [0.2, 0.25) is 5.89 Å². The lowest BCUT2D eigenvalue weighted by Crippen LogP contribution is -2.31. The normalized spacial score (nSPS) is 19.6. The minimum Gasteiger partial charge on any atom is -0.435 e. The summed E-state index contributed by atoms with van der Waals surface area (Å²) in [5.74, 6) is 0.900. The van der Waals surface area contributed by atoms with Crippen molar-refractivity contribution in [3.05, 3.63) is 83.3 Å². The maximum Gasteiger partial charge on any atom is 0.238 e. The molecule has 39 heavy (non-hydrogen) atoms. The van der Waals surface area contributed by atoms with Crippen LogP contribution >= 0.6 is 0 Å². The number of aromatic nitrogens is 1.